The number of hydrogen-bond donors (Lipinski definition) is 1. The molecule has 0 unspecified atom stereocenters. The van der Waals surface area contributed by atoms with Gasteiger partial charge in [0.15, 0.2) is 0 Å². The first-order chi connectivity index (χ1) is 10.2. The van der Waals surface area contributed by atoms with Crippen molar-refractivity contribution in [3.05, 3.63) is 53.0 Å². The van der Waals surface area contributed by atoms with Crippen molar-refractivity contribution in [2.45, 2.75) is 25.8 Å². The van der Waals surface area contributed by atoms with E-state index in [9.17, 15) is 4.79 Å². The van der Waals surface area contributed by atoms with Crippen molar-refractivity contribution in [1.29, 1.82) is 0 Å². The van der Waals surface area contributed by atoms with Gasteiger partial charge in [0.25, 0.3) is 0 Å². The molecule has 0 aliphatic heterocycles. The highest BCUT2D eigenvalue weighted by Gasteiger charge is 2.21. The lowest BCUT2D eigenvalue weighted by molar-refractivity contribution is 0.0586. The fourth-order valence-electron chi connectivity index (χ4n) is 2.70. The molecule has 1 heterocycles. The SMILES string of the molecule is COC(=O)c1nc(C)cc(NC2Cc3ccccc3C2)n1. The molecule has 1 aliphatic rings. The lowest BCUT2D eigenvalue weighted by atomic mass is 10.1. The molecule has 0 amide bonds. The van der Waals surface area contributed by atoms with Gasteiger partial charge in [-0.05, 0) is 30.9 Å². The van der Waals surface area contributed by atoms with Gasteiger partial charge in [-0.25, -0.2) is 14.8 Å². The van der Waals surface area contributed by atoms with Crippen LogP contribution in [-0.4, -0.2) is 29.1 Å². The highest BCUT2D eigenvalue weighted by atomic mass is 16.5. The van der Waals surface area contributed by atoms with E-state index >= 15 is 0 Å². The van der Waals surface area contributed by atoms with Gasteiger partial charge in [-0.15, -0.1) is 0 Å². The molecule has 0 saturated carbocycles. The maximum atomic E-state index is 11.6. The summed E-state index contributed by atoms with van der Waals surface area (Å²) in [6.07, 6.45) is 1.93. The summed E-state index contributed by atoms with van der Waals surface area (Å²) in [4.78, 5) is 19.9. The predicted octanol–water partition coefficient (Wildman–Crippen LogP) is 2.15. The minimum atomic E-state index is -0.517. The fourth-order valence-corrected chi connectivity index (χ4v) is 2.70. The molecule has 2 aromatic rings. The number of anilines is 1. The number of aryl methyl sites for hydroxylation is 1. The van der Waals surface area contributed by atoms with E-state index in [1.807, 2.05) is 13.0 Å². The Morgan fingerprint density at radius 2 is 1.90 bits per heavy atom. The van der Waals surface area contributed by atoms with E-state index < -0.39 is 5.97 Å². The molecule has 5 heteroatoms. The first kappa shape index (κ1) is 13.5. The van der Waals surface area contributed by atoms with Crippen molar-refractivity contribution in [3.8, 4) is 0 Å². The molecular formula is C16H17N3O2. The normalized spacial score (nSPS) is 13.8. The quantitative estimate of drug-likeness (QED) is 0.874. The van der Waals surface area contributed by atoms with Gasteiger partial charge in [0.2, 0.25) is 5.82 Å². The Kier molecular flexibility index (Phi) is 3.56. The van der Waals surface area contributed by atoms with Crippen LogP contribution in [0, 0.1) is 6.92 Å². The lowest BCUT2D eigenvalue weighted by Crippen LogP contribution is -2.21. The minimum Gasteiger partial charge on any atom is -0.463 e. The monoisotopic (exact) mass is 283 g/mol. The van der Waals surface area contributed by atoms with Crippen LogP contribution in [0.3, 0.4) is 0 Å². The molecule has 1 aromatic carbocycles. The van der Waals surface area contributed by atoms with Gasteiger partial charge in [0.1, 0.15) is 5.82 Å². The Hall–Kier alpha value is -2.43. The maximum absolute atomic E-state index is 11.6. The van der Waals surface area contributed by atoms with E-state index in [2.05, 4.69) is 44.3 Å². The van der Waals surface area contributed by atoms with Crippen molar-refractivity contribution < 1.29 is 9.53 Å². The average molecular weight is 283 g/mol. The summed E-state index contributed by atoms with van der Waals surface area (Å²) in [6, 6.07) is 10.6. The Morgan fingerprint density at radius 1 is 1.24 bits per heavy atom. The van der Waals surface area contributed by atoms with Gasteiger partial charge in [-0.2, -0.15) is 0 Å². The van der Waals surface area contributed by atoms with Gasteiger partial charge in [0.05, 0.1) is 7.11 Å². The van der Waals surface area contributed by atoms with Crippen LogP contribution in [-0.2, 0) is 17.6 Å². The Morgan fingerprint density at radius 3 is 2.52 bits per heavy atom. The van der Waals surface area contributed by atoms with Crippen molar-refractivity contribution in [2.24, 2.45) is 0 Å². The largest absolute Gasteiger partial charge is 0.463 e. The molecular weight excluding hydrogens is 266 g/mol. The number of ether oxygens (including phenoxy) is 1. The number of aromatic nitrogens is 2. The highest BCUT2D eigenvalue weighted by Crippen LogP contribution is 2.24. The number of carbonyl (C=O) groups excluding carboxylic acids is 1. The second-order valence-electron chi connectivity index (χ2n) is 5.23. The zero-order valence-corrected chi connectivity index (χ0v) is 12.1. The van der Waals surface area contributed by atoms with E-state index in [1.54, 1.807) is 0 Å². The third-order valence-corrected chi connectivity index (χ3v) is 3.63. The van der Waals surface area contributed by atoms with Crippen LogP contribution >= 0.6 is 0 Å². The van der Waals surface area contributed by atoms with E-state index in [-0.39, 0.29) is 5.82 Å². The lowest BCUT2D eigenvalue weighted by Gasteiger charge is -2.13. The Bertz CT molecular complexity index is 660. The van der Waals surface area contributed by atoms with Gasteiger partial charge < -0.3 is 10.1 Å². The van der Waals surface area contributed by atoms with Crippen LogP contribution in [0.4, 0.5) is 5.82 Å². The van der Waals surface area contributed by atoms with E-state index in [1.165, 1.54) is 18.2 Å². The van der Waals surface area contributed by atoms with Gasteiger partial charge in [-0.3, -0.25) is 0 Å². The van der Waals surface area contributed by atoms with Crippen molar-refractivity contribution in [2.75, 3.05) is 12.4 Å². The Labute approximate surface area is 123 Å². The molecule has 21 heavy (non-hydrogen) atoms. The zero-order chi connectivity index (χ0) is 14.8. The fraction of sp³-hybridized carbons (Fsp3) is 0.312. The molecule has 0 radical (unpaired) electrons. The number of fused-ring (bicyclic) bond motifs is 1. The molecule has 0 atom stereocenters. The summed E-state index contributed by atoms with van der Waals surface area (Å²) in [7, 11) is 1.33. The second kappa shape index (κ2) is 5.52. The van der Waals surface area contributed by atoms with E-state index in [0.29, 0.717) is 11.9 Å². The molecule has 1 aromatic heterocycles. The average Bonchev–Trinajstić information content (AvgIpc) is 2.87. The van der Waals surface area contributed by atoms with Crippen molar-refractivity contribution in [3.63, 3.8) is 0 Å². The van der Waals surface area contributed by atoms with E-state index in [0.717, 1.165) is 18.5 Å². The third kappa shape index (κ3) is 2.86. The molecule has 0 fully saturated rings. The molecule has 1 N–H and O–H groups in total. The summed E-state index contributed by atoms with van der Waals surface area (Å²) < 4.78 is 4.68. The molecule has 108 valence electrons. The second-order valence-corrected chi connectivity index (χ2v) is 5.23. The van der Waals surface area contributed by atoms with E-state index in [4.69, 9.17) is 0 Å². The van der Waals surface area contributed by atoms with Crippen molar-refractivity contribution >= 4 is 11.8 Å². The van der Waals surface area contributed by atoms with Crippen LogP contribution in [0.1, 0.15) is 27.4 Å². The maximum Gasteiger partial charge on any atom is 0.376 e. The molecule has 5 nitrogen and oxygen atoms in total. The van der Waals surface area contributed by atoms with Gasteiger partial charge in [0, 0.05) is 17.8 Å². The standard InChI is InChI=1S/C16H17N3O2/c1-10-7-14(19-15(17-10)16(20)21-2)18-13-8-11-5-3-4-6-12(11)9-13/h3-7,13H,8-9H2,1-2H3,(H,17,18,19). The van der Waals surface area contributed by atoms with Crippen LogP contribution in [0.5, 0.6) is 0 Å². The number of nitrogens with zero attached hydrogens (tertiary/aromatic N) is 2. The van der Waals surface area contributed by atoms with Crippen LogP contribution in [0.15, 0.2) is 30.3 Å². The Balaban J connectivity index is 1.77. The summed E-state index contributed by atoms with van der Waals surface area (Å²) in [5, 5.41) is 3.39. The zero-order valence-electron chi connectivity index (χ0n) is 12.1. The molecule has 0 spiro atoms. The number of rotatable bonds is 3. The predicted molar refractivity (Wildman–Crippen MR) is 79.4 cm³/mol. The molecule has 0 bridgehead atoms. The van der Waals surface area contributed by atoms with Crippen LogP contribution in [0.25, 0.3) is 0 Å². The summed E-state index contributed by atoms with van der Waals surface area (Å²) >= 11 is 0. The number of hydrogen-bond acceptors (Lipinski definition) is 5. The van der Waals surface area contributed by atoms with Gasteiger partial charge in [-0.1, -0.05) is 24.3 Å². The first-order valence-electron chi connectivity index (χ1n) is 6.93. The third-order valence-electron chi connectivity index (χ3n) is 3.63. The number of methoxy groups -OCH3 is 1. The van der Waals surface area contributed by atoms with Gasteiger partial charge >= 0.3 is 5.97 Å². The number of benzene rings is 1. The molecule has 0 saturated heterocycles. The number of esters is 1. The topological polar surface area (TPSA) is 64.1 Å². The number of carbonyl (C=O) groups is 1. The number of nitrogens with one attached hydrogen (secondary N) is 1. The molecule has 3 rings (SSSR count). The summed E-state index contributed by atoms with van der Waals surface area (Å²) in [5.41, 5.74) is 3.48. The van der Waals surface area contributed by atoms with Crippen molar-refractivity contribution in [1.82, 2.24) is 9.97 Å². The first-order valence-corrected chi connectivity index (χ1v) is 6.93. The minimum absolute atomic E-state index is 0.0931. The smallest absolute Gasteiger partial charge is 0.376 e. The molecule has 1 aliphatic carbocycles. The van der Waals surface area contributed by atoms with Crippen LogP contribution in [0.2, 0.25) is 0 Å². The summed E-state index contributed by atoms with van der Waals surface area (Å²) in [5.74, 6) is 0.243. The summed E-state index contributed by atoms with van der Waals surface area (Å²) in [6.45, 7) is 1.84. The highest BCUT2D eigenvalue weighted by molar-refractivity contribution is 5.85. The van der Waals surface area contributed by atoms with Crippen LogP contribution < -0.4 is 5.32 Å².